The van der Waals surface area contributed by atoms with Gasteiger partial charge in [-0.1, -0.05) is 18.2 Å². The van der Waals surface area contributed by atoms with Crippen molar-refractivity contribution in [2.45, 2.75) is 31.8 Å². The Morgan fingerprint density at radius 3 is 2.84 bits per heavy atom. The number of aliphatic hydroxyl groups is 1. The summed E-state index contributed by atoms with van der Waals surface area (Å²) in [5.41, 5.74) is 1.59. The zero-order valence-electron chi connectivity index (χ0n) is 14.0. The van der Waals surface area contributed by atoms with Crippen molar-refractivity contribution in [2.24, 2.45) is 17.8 Å². The van der Waals surface area contributed by atoms with E-state index in [1.165, 1.54) is 6.42 Å². The van der Waals surface area contributed by atoms with Crippen LogP contribution in [0.4, 0.5) is 4.79 Å². The SMILES string of the molecule is O=C(NCc1coc(-c2ccccc2)n1)N[C@@H]1[C@H]2CC[C@@H](C2)[C@H]1CO. The van der Waals surface area contributed by atoms with Crippen LogP contribution in [0, 0.1) is 17.8 Å². The molecule has 1 heterocycles. The molecule has 0 spiro atoms. The van der Waals surface area contributed by atoms with Gasteiger partial charge in [-0.15, -0.1) is 0 Å². The Kier molecular flexibility index (Phi) is 4.44. The van der Waals surface area contributed by atoms with Gasteiger partial charge in [0.2, 0.25) is 5.89 Å². The first kappa shape index (κ1) is 16.1. The van der Waals surface area contributed by atoms with E-state index >= 15 is 0 Å². The monoisotopic (exact) mass is 341 g/mol. The summed E-state index contributed by atoms with van der Waals surface area (Å²) in [7, 11) is 0. The van der Waals surface area contributed by atoms with Crippen LogP contribution in [-0.4, -0.2) is 28.8 Å². The number of benzene rings is 1. The number of oxazole rings is 1. The first-order valence-electron chi connectivity index (χ1n) is 8.89. The molecule has 0 saturated heterocycles. The van der Waals surface area contributed by atoms with Crippen LogP contribution in [0.15, 0.2) is 41.0 Å². The summed E-state index contributed by atoms with van der Waals surface area (Å²) in [6, 6.07) is 9.53. The number of urea groups is 1. The van der Waals surface area contributed by atoms with E-state index in [1.54, 1.807) is 6.26 Å². The van der Waals surface area contributed by atoms with Crippen LogP contribution in [0.3, 0.4) is 0 Å². The van der Waals surface area contributed by atoms with Gasteiger partial charge >= 0.3 is 6.03 Å². The first-order chi connectivity index (χ1) is 12.2. The third kappa shape index (κ3) is 3.26. The van der Waals surface area contributed by atoms with Gasteiger partial charge in [-0.05, 0) is 43.2 Å². The lowest BCUT2D eigenvalue weighted by molar-refractivity contribution is 0.144. The molecular formula is C19H23N3O3. The Morgan fingerprint density at radius 1 is 1.24 bits per heavy atom. The number of hydrogen-bond donors (Lipinski definition) is 3. The molecule has 4 rings (SSSR count). The molecule has 132 valence electrons. The maximum Gasteiger partial charge on any atom is 0.315 e. The van der Waals surface area contributed by atoms with Crippen molar-refractivity contribution in [1.29, 1.82) is 0 Å². The Bertz CT molecular complexity index is 731. The lowest BCUT2D eigenvalue weighted by Crippen LogP contribution is -2.48. The Labute approximate surface area is 146 Å². The van der Waals surface area contributed by atoms with Crippen molar-refractivity contribution in [2.75, 3.05) is 6.61 Å². The minimum atomic E-state index is -0.208. The van der Waals surface area contributed by atoms with Gasteiger partial charge in [0, 0.05) is 24.1 Å². The number of hydrogen-bond acceptors (Lipinski definition) is 4. The van der Waals surface area contributed by atoms with E-state index in [1.807, 2.05) is 30.3 Å². The highest BCUT2D eigenvalue weighted by atomic mass is 16.3. The van der Waals surface area contributed by atoms with Crippen LogP contribution >= 0.6 is 0 Å². The second kappa shape index (κ2) is 6.88. The number of nitrogens with zero attached hydrogens (tertiary/aromatic N) is 1. The van der Waals surface area contributed by atoms with Gasteiger partial charge in [0.25, 0.3) is 0 Å². The summed E-state index contributed by atoms with van der Waals surface area (Å²) in [4.78, 5) is 16.6. The molecule has 0 radical (unpaired) electrons. The van der Waals surface area contributed by atoms with Crippen LogP contribution in [0.2, 0.25) is 0 Å². The summed E-state index contributed by atoms with van der Waals surface area (Å²) in [6.07, 6.45) is 5.02. The van der Waals surface area contributed by atoms with Crippen molar-refractivity contribution in [3.63, 3.8) is 0 Å². The van der Waals surface area contributed by atoms with E-state index in [0.29, 0.717) is 30.0 Å². The van der Waals surface area contributed by atoms with Crippen molar-refractivity contribution >= 4 is 6.03 Å². The second-order valence-corrected chi connectivity index (χ2v) is 7.04. The molecule has 25 heavy (non-hydrogen) atoms. The molecule has 3 N–H and O–H groups in total. The molecule has 0 aliphatic heterocycles. The number of nitrogens with one attached hydrogen (secondary N) is 2. The van der Waals surface area contributed by atoms with Gasteiger partial charge in [-0.2, -0.15) is 0 Å². The average Bonchev–Trinajstić information content (AvgIpc) is 3.37. The van der Waals surface area contributed by atoms with Crippen LogP contribution in [-0.2, 0) is 6.54 Å². The highest BCUT2D eigenvalue weighted by Gasteiger charge is 2.47. The molecule has 2 aromatic rings. The van der Waals surface area contributed by atoms with Gasteiger partial charge < -0.3 is 20.2 Å². The van der Waals surface area contributed by atoms with E-state index in [2.05, 4.69) is 15.6 Å². The minimum absolute atomic E-state index is 0.0842. The Hall–Kier alpha value is -2.34. The quantitative estimate of drug-likeness (QED) is 0.780. The van der Waals surface area contributed by atoms with E-state index in [-0.39, 0.29) is 24.6 Å². The molecule has 1 aromatic heterocycles. The zero-order valence-corrected chi connectivity index (χ0v) is 14.0. The summed E-state index contributed by atoms with van der Waals surface area (Å²) >= 11 is 0. The lowest BCUT2D eigenvalue weighted by atomic mass is 9.85. The van der Waals surface area contributed by atoms with E-state index in [0.717, 1.165) is 18.4 Å². The van der Waals surface area contributed by atoms with Gasteiger partial charge in [0.1, 0.15) is 6.26 Å². The van der Waals surface area contributed by atoms with E-state index < -0.39 is 0 Å². The number of fused-ring (bicyclic) bond motifs is 2. The molecule has 2 fully saturated rings. The van der Waals surface area contributed by atoms with Gasteiger partial charge in [-0.3, -0.25) is 0 Å². The van der Waals surface area contributed by atoms with Crippen LogP contribution in [0.1, 0.15) is 25.0 Å². The molecule has 2 amide bonds. The summed E-state index contributed by atoms with van der Waals surface area (Å²) in [5.74, 6) is 1.81. The molecule has 2 bridgehead atoms. The normalized spacial score (nSPS) is 27.4. The summed E-state index contributed by atoms with van der Waals surface area (Å²) in [5, 5.41) is 15.5. The summed E-state index contributed by atoms with van der Waals surface area (Å²) < 4.78 is 5.48. The van der Waals surface area contributed by atoms with Gasteiger partial charge in [0.05, 0.1) is 12.2 Å². The molecule has 6 nitrogen and oxygen atoms in total. The molecule has 2 aliphatic carbocycles. The number of aliphatic hydroxyl groups excluding tert-OH is 1. The predicted octanol–water partition coefficient (Wildman–Crippen LogP) is 2.55. The third-order valence-corrected chi connectivity index (χ3v) is 5.60. The molecule has 4 atom stereocenters. The van der Waals surface area contributed by atoms with Gasteiger partial charge in [-0.25, -0.2) is 9.78 Å². The second-order valence-electron chi connectivity index (χ2n) is 7.04. The zero-order chi connectivity index (χ0) is 17.2. The number of rotatable bonds is 5. The first-order valence-corrected chi connectivity index (χ1v) is 8.89. The van der Waals surface area contributed by atoms with Crippen LogP contribution < -0.4 is 10.6 Å². The van der Waals surface area contributed by atoms with Crippen LogP contribution in [0.25, 0.3) is 11.5 Å². The molecule has 2 saturated carbocycles. The number of carbonyl (C=O) groups excluding carboxylic acids is 1. The molecule has 6 heteroatoms. The standard InChI is InChI=1S/C19H23N3O3/c23-10-16-13-6-7-14(8-13)17(16)22-19(24)20-9-15-11-25-18(21-15)12-4-2-1-3-5-12/h1-5,11,13-14,16-17,23H,6-10H2,(H2,20,22,24)/t13-,14-,16+,17+/m0/s1. The predicted molar refractivity (Wildman–Crippen MR) is 92.5 cm³/mol. The number of aromatic nitrogens is 1. The molecule has 1 aromatic carbocycles. The fraction of sp³-hybridized carbons (Fsp3) is 0.474. The average molecular weight is 341 g/mol. The highest BCUT2D eigenvalue weighted by molar-refractivity contribution is 5.74. The third-order valence-electron chi connectivity index (χ3n) is 5.60. The van der Waals surface area contributed by atoms with Crippen LogP contribution in [0.5, 0.6) is 0 Å². The lowest BCUT2D eigenvalue weighted by Gasteiger charge is -2.30. The molecular weight excluding hydrogens is 318 g/mol. The van der Waals surface area contributed by atoms with Crippen molar-refractivity contribution in [1.82, 2.24) is 15.6 Å². The largest absolute Gasteiger partial charge is 0.444 e. The van der Waals surface area contributed by atoms with Crippen molar-refractivity contribution < 1.29 is 14.3 Å². The summed E-state index contributed by atoms with van der Waals surface area (Å²) in [6.45, 7) is 0.461. The topological polar surface area (TPSA) is 87.4 Å². The fourth-order valence-electron chi connectivity index (χ4n) is 4.37. The molecule has 2 aliphatic rings. The number of amides is 2. The Balaban J connectivity index is 1.31. The number of carbonyl (C=O) groups is 1. The highest BCUT2D eigenvalue weighted by Crippen LogP contribution is 2.48. The minimum Gasteiger partial charge on any atom is -0.444 e. The maximum atomic E-state index is 12.2. The Morgan fingerprint density at radius 2 is 2.04 bits per heavy atom. The maximum absolute atomic E-state index is 12.2. The fourth-order valence-corrected chi connectivity index (χ4v) is 4.37. The van der Waals surface area contributed by atoms with Crippen molar-refractivity contribution in [3.05, 3.63) is 42.3 Å². The smallest absolute Gasteiger partial charge is 0.315 e. The van der Waals surface area contributed by atoms with Gasteiger partial charge in [0.15, 0.2) is 0 Å². The van der Waals surface area contributed by atoms with E-state index in [4.69, 9.17) is 4.42 Å². The van der Waals surface area contributed by atoms with Crippen molar-refractivity contribution in [3.8, 4) is 11.5 Å². The molecule has 0 unspecified atom stereocenters. The van der Waals surface area contributed by atoms with E-state index in [9.17, 15) is 9.90 Å².